The van der Waals surface area contributed by atoms with E-state index in [-0.39, 0.29) is 5.56 Å². The summed E-state index contributed by atoms with van der Waals surface area (Å²) in [6.07, 6.45) is 3.02. The van der Waals surface area contributed by atoms with Crippen LogP contribution in [0.15, 0.2) is 41.1 Å². The molecule has 0 aliphatic carbocycles. The van der Waals surface area contributed by atoms with Crippen LogP contribution in [0.1, 0.15) is 29.5 Å². The van der Waals surface area contributed by atoms with Crippen molar-refractivity contribution in [2.45, 2.75) is 19.8 Å². The number of para-hydroxylation sites is 1. The van der Waals surface area contributed by atoms with Gasteiger partial charge in [-0.2, -0.15) is 0 Å². The number of fused-ring (bicyclic) bond motifs is 1. The van der Waals surface area contributed by atoms with Gasteiger partial charge in [0.05, 0.1) is 5.52 Å². The molecule has 0 atom stereocenters. The number of benzene rings is 1. The second-order valence-corrected chi connectivity index (χ2v) is 4.77. The van der Waals surface area contributed by atoms with E-state index in [1.807, 2.05) is 37.3 Å². The van der Waals surface area contributed by atoms with Gasteiger partial charge in [-0.05, 0) is 12.5 Å². The highest BCUT2D eigenvalue weighted by Gasteiger charge is 2.24. The van der Waals surface area contributed by atoms with Crippen LogP contribution in [0, 0.1) is 0 Å². The molecule has 3 rings (SSSR count). The van der Waals surface area contributed by atoms with Crippen molar-refractivity contribution in [3.8, 4) is 11.3 Å². The molecule has 0 saturated carbocycles. The Morgan fingerprint density at radius 2 is 2.10 bits per heavy atom. The molecule has 0 spiro atoms. The molecule has 0 saturated heterocycles. The van der Waals surface area contributed by atoms with E-state index in [0.29, 0.717) is 23.4 Å². The van der Waals surface area contributed by atoms with Gasteiger partial charge in [-0.25, -0.2) is 4.79 Å². The Balaban J connectivity index is 2.26. The SMILES string of the molecule is CCCc1onc(-c2cccc3cccnc23)c1C(=O)O. The molecule has 0 fully saturated rings. The summed E-state index contributed by atoms with van der Waals surface area (Å²) < 4.78 is 5.24. The lowest BCUT2D eigenvalue weighted by atomic mass is 10.0. The number of hydrogen-bond acceptors (Lipinski definition) is 4. The molecular formula is C16H14N2O3. The summed E-state index contributed by atoms with van der Waals surface area (Å²) in [5, 5.41) is 14.4. The van der Waals surface area contributed by atoms with Crippen LogP contribution >= 0.6 is 0 Å². The van der Waals surface area contributed by atoms with Gasteiger partial charge in [-0.1, -0.05) is 36.3 Å². The number of hydrogen-bond donors (Lipinski definition) is 1. The zero-order chi connectivity index (χ0) is 14.8. The van der Waals surface area contributed by atoms with E-state index in [0.717, 1.165) is 17.3 Å². The van der Waals surface area contributed by atoms with Crippen LogP contribution in [0.5, 0.6) is 0 Å². The molecular weight excluding hydrogens is 268 g/mol. The molecule has 0 amide bonds. The number of aromatic nitrogens is 2. The molecule has 5 heteroatoms. The largest absolute Gasteiger partial charge is 0.477 e. The standard InChI is InChI=1S/C16H14N2O3/c1-2-5-12-13(16(19)20)15(18-21-12)11-8-3-6-10-7-4-9-17-14(10)11/h3-4,6-9H,2,5H2,1H3,(H,19,20). The fourth-order valence-electron chi connectivity index (χ4n) is 2.42. The van der Waals surface area contributed by atoms with Gasteiger partial charge in [-0.15, -0.1) is 0 Å². The molecule has 1 N–H and O–H groups in total. The maximum Gasteiger partial charge on any atom is 0.341 e. The highest BCUT2D eigenvalue weighted by Crippen LogP contribution is 2.31. The molecule has 106 valence electrons. The van der Waals surface area contributed by atoms with E-state index in [2.05, 4.69) is 10.1 Å². The number of aromatic carboxylic acids is 1. The van der Waals surface area contributed by atoms with Crippen molar-refractivity contribution in [3.05, 3.63) is 47.9 Å². The highest BCUT2D eigenvalue weighted by atomic mass is 16.5. The van der Waals surface area contributed by atoms with Crippen molar-refractivity contribution >= 4 is 16.9 Å². The molecule has 0 aliphatic heterocycles. The Bertz CT molecular complexity index is 803. The third kappa shape index (κ3) is 2.27. The van der Waals surface area contributed by atoms with Crippen LogP contribution < -0.4 is 0 Å². The van der Waals surface area contributed by atoms with E-state index in [9.17, 15) is 9.90 Å². The Morgan fingerprint density at radius 1 is 1.29 bits per heavy atom. The average molecular weight is 282 g/mol. The quantitative estimate of drug-likeness (QED) is 0.792. The van der Waals surface area contributed by atoms with Crippen LogP contribution in [0.2, 0.25) is 0 Å². The van der Waals surface area contributed by atoms with Gasteiger partial charge in [0.15, 0.2) is 5.76 Å². The normalized spacial score (nSPS) is 10.9. The smallest absolute Gasteiger partial charge is 0.341 e. The van der Waals surface area contributed by atoms with Crippen LogP contribution in [0.3, 0.4) is 0 Å². The number of aryl methyl sites for hydroxylation is 1. The Kier molecular flexibility index (Phi) is 3.39. The van der Waals surface area contributed by atoms with Gasteiger partial charge in [0.1, 0.15) is 11.3 Å². The van der Waals surface area contributed by atoms with Crippen molar-refractivity contribution in [1.82, 2.24) is 10.1 Å². The molecule has 2 heterocycles. The molecule has 0 aliphatic rings. The van der Waals surface area contributed by atoms with Crippen molar-refractivity contribution in [2.24, 2.45) is 0 Å². The van der Waals surface area contributed by atoms with E-state index in [1.54, 1.807) is 6.20 Å². The van der Waals surface area contributed by atoms with Crippen molar-refractivity contribution < 1.29 is 14.4 Å². The van der Waals surface area contributed by atoms with Crippen LogP contribution in [0.4, 0.5) is 0 Å². The van der Waals surface area contributed by atoms with Crippen molar-refractivity contribution in [2.75, 3.05) is 0 Å². The fourth-order valence-corrected chi connectivity index (χ4v) is 2.42. The molecule has 21 heavy (non-hydrogen) atoms. The lowest BCUT2D eigenvalue weighted by Crippen LogP contribution is -2.01. The lowest BCUT2D eigenvalue weighted by Gasteiger charge is -2.03. The van der Waals surface area contributed by atoms with Crippen molar-refractivity contribution in [3.63, 3.8) is 0 Å². The van der Waals surface area contributed by atoms with Crippen molar-refractivity contribution in [1.29, 1.82) is 0 Å². The minimum atomic E-state index is -1.03. The molecule has 1 aromatic carbocycles. The highest BCUT2D eigenvalue weighted by molar-refractivity contribution is 6.01. The molecule has 3 aromatic rings. The second kappa shape index (κ2) is 5.36. The van der Waals surface area contributed by atoms with Gasteiger partial charge >= 0.3 is 5.97 Å². The first-order chi connectivity index (χ1) is 10.2. The van der Waals surface area contributed by atoms with E-state index < -0.39 is 5.97 Å². The molecule has 0 radical (unpaired) electrons. The number of rotatable bonds is 4. The maximum absolute atomic E-state index is 11.6. The molecule has 0 bridgehead atoms. The van der Waals surface area contributed by atoms with E-state index in [1.165, 1.54) is 0 Å². The van der Waals surface area contributed by atoms with Gasteiger partial charge in [0, 0.05) is 23.6 Å². The van der Waals surface area contributed by atoms with Gasteiger partial charge < -0.3 is 9.63 Å². The second-order valence-electron chi connectivity index (χ2n) is 4.77. The minimum absolute atomic E-state index is 0.134. The average Bonchev–Trinajstić information content (AvgIpc) is 2.91. The lowest BCUT2D eigenvalue weighted by molar-refractivity contribution is 0.0695. The van der Waals surface area contributed by atoms with Gasteiger partial charge in [0.2, 0.25) is 0 Å². The first-order valence-corrected chi connectivity index (χ1v) is 6.78. The Hall–Kier alpha value is -2.69. The summed E-state index contributed by atoms with van der Waals surface area (Å²) in [6.45, 7) is 1.97. The number of pyridine rings is 1. The summed E-state index contributed by atoms with van der Waals surface area (Å²) in [7, 11) is 0. The predicted octanol–water partition coefficient (Wildman–Crippen LogP) is 3.54. The van der Waals surface area contributed by atoms with Crippen LogP contribution in [-0.2, 0) is 6.42 Å². The van der Waals surface area contributed by atoms with Crippen LogP contribution in [0.25, 0.3) is 22.2 Å². The van der Waals surface area contributed by atoms with Gasteiger partial charge in [0.25, 0.3) is 0 Å². The zero-order valence-electron chi connectivity index (χ0n) is 11.5. The van der Waals surface area contributed by atoms with E-state index >= 15 is 0 Å². The summed E-state index contributed by atoms with van der Waals surface area (Å²) in [5.74, 6) is -0.615. The molecule has 2 aromatic heterocycles. The maximum atomic E-state index is 11.6. The number of carbonyl (C=O) groups is 1. The van der Waals surface area contributed by atoms with Crippen LogP contribution in [-0.4, -0.2) is 21.2 Å². The summed E-state index contributed by atoms with van der Waals surface area (Å²) >= 11 is 0. The van der Waals surface area contributed by atoms with E-state index in [4.69, 9.17) is 4.52 Å². The predicted molar refractivity (Wildman–Crippen MR) is 78.2 cm³/mol. The molecule has 5 nitrogen and oxygen atoms in total. The Labute approximate surface area is 121 Å². The summed E-state index contributed by atoms with van der Waals surface area (Å²) in [4.78, 5) is 15.9. The fraction of sp³-hybridized carbons (Fsp3) is 0.188. The first kappa shape index (κ1) is 13.3. The summed E-state index contributed by atoms with van der Waals surface area (Å²) in [5.41, 5.74) is 1.88. The monoisotopic (exact) mass is 282 g/mol. The van der Waals surface area contributed by atoms with Gasteiger partial charge in [-0.3, -0.25) is 4.98 Å². The number of carboxylic acids is 1. The zero-order valence-corrected chi connectivity index (χ0v) is 11.5. The number of nitrogens with zero attached hydrogens (tertiary/aromatic N) is 2. The number of carboxylic acid groups (broad SMARTS) is 1. The Morgan fingerprint density at radius 3 is 2.86 bits per heavy atom. The minimum Gasteiger partial charge on any atom is -0.477 e. The topological polar surface area (TPSA) is 76.2 Å². The third-order valence-corrected chi connectivity index (χ3v) is 3.34. The third-order valence-electron chi connectivity index (χ3n) is 3.34. The molecule has 0 unspecified atom stereocenters. The summed E-state index contributed by atoms with van der Waals surface area (Å²) in [6, 6.07) is 9.38. The first-order valence-electron chi connectivity index (χ1n) is 6.78.